The number of aromatic carboxylic acids is 1. The summed E-state index contributed by atoms with van der Waals surface area (Å²) in [4.78, 5) is 22.2. The number of benzene rings is 1. The number of alkyl carbamates (subject to hydrolysis) is 1. The van der Waals surface area contributed by atoms with Gasteiger partial charge in [0.25, 0.3) is 0 Å². The monoisotopic (exact) mass is 265 g/mol. The van der Waals surface area contributed by atoms with E-state index in [2.05, 4.69) is 5.32 Å². The second-order valence-corrected chi connectivity index (χ2v) is 5.18. The van der Waals surface area contributed by atoms with Crippen LogP contribution in [0.2, 0.25) is 0 Å². The fourth-order valence-corrected chi connectivity index (χ4v) is 1.48. The van der Waals surface area contributed by atoms with E-state index in [1.807, 2.05) is 6.07 Å². The number of carbonyl (C=O) groups excluding carboxylic acids is 1. The standard InChI is InChI=1S/C14H19NO4/c1-14(2,3)19-13(18)15-8-7-10-5-4-6-11(9-10)12(16)17/h4-6,9H,7-8H2,1-3H3,(H,15,18)(H,16,17). The highest BCUT2D eigenvalue weighted by Crippen LogP contribution is 2.07. The first kappa shape index (κ1) is 15.0. The zero-order valence-electron chi connectivity index (χ0n) is 11.4. The molecule has 19 heavy (non-hydrogen) atoms. The first-order valence-electron chi connectivity index (χ1n) is 6.07. The van der Waals surface area contributed by atoms with E-state index in [0.717, 1.165) is 5.56 Å². The average molecular weight is 265 g/mol. The van der Waals surface area contributed by atoms with E-state index < -0.39 is 17.7 Å². The Balaban J connectivity index is 2.43. The topological polar surface area (TPSA) is 75.6 Å². The molecule has 2 N–H and O–H groups in total. The minimum Gasteiger partial charge on any atom is -0.478 e. The molecule has 0 bridgehead atoms. The highest BCUT2D eigenvalue weighted by Gasteiger charge is 2.15. The Morgan fingerprint density at radius 2 is 2.00 bits per heavy atom. The van der Waals surface area contributed by atoms with Gasteiger partial charge in [-0.15, -0.1) is 0 Å². The Bertz CT molecular complexity index is 463. The van der Waals surface area contributed by atoms with E-state index in [1.54, 1.807) is 32.9 Å². The molecule has 0 heterocycles. The Labute approximate surface area is 112 Å². The minimum absolute atomic E-state index is 0.245. The van der Waals surface area contributed by atoms with Gasteiger partial charge in [0, 0.05) is 6.54 Å². The molecule has 0 spiro atoms. The number of amides is 1. The molecule has 0 saturated heterocycles. The average Bonchev–Trinajstić information content (AvgIpc) is 2.27. The van der Waals surface area contributed by atoms with Crippen molar-refractivity contribution >= 4 is 12.1 Å². The molecular formula is C14H19NO4. The third-order valence-electron chi connectivity index (χ3n) is 2.26. The lowest BCUT2D eigenvalue weighted by molar-refractivity contribution is 0.0527. The van der Waals surface area contributed by atoms with Gasteiger partial charge in [-0.25, -0.2) is 9.59 Å². The van der Waals surface area contributed by atoms with Crippen molar-refractivity contribution in [1.29, 1.82) is 0 Å². The van der Waals surface area contributed by atoms with Crippen LogP contribution in [0.5, 0.6) is 0 Å². The summed E-state index contributed by atoms with van der Waals surface area (Å²) in [5.74, 6) is -0.957. The molecule has 0 saturated carbocycles. The van der Waals surface area contributed by atoms with Crippen LogP contribution < -0.4 is 5.32 Å². The van der Waals surface area contributed by atoms with Crippen LogP contribution in [0, 0.1) is 0 Å². The maximum atomic E-state index is 11.4. The first-order valence-corrected chi connectivity index (χ1v) is 6.07. The summed E-state index contributed by atoms with van der Waals surface area (Å²) in [5.41, 5.74) is 0.582. The van der Waals surface area contributed by atoms with E-state index in [9.17, 15) is 9.59 Å². The summed E-state index contributed by atoms with van der Waals surface area (Å²) in [6.45, 7) is 5.78. The molecule has 0 aromatic heterocycles. The Morgan fingerprint density at radius 3 is 2.58 bits per heavy atom. The van der Waals surface area contributed by atoms with E-state index in [0.29, 0.717) is 13.0 Å². The molecule has 1 aromatic carbocycles. The van der Waals surface area contributed by atoms with Gasteiger partial charge in [-0.3, -0.25) is 0 Å². The van der Waals surface area contributed by atoms with Crippen molar-refractivity contribution < 1.29 is 19.4 Å². The van der Waals surface area contributed by atoms with Crippen LogP contribution in [-0.4, -0.2) is 29.3 Å². The van der Waals surface area contributed by atoms with Crippen molar-refractivity contribution in [3.8, 4) is 0 Å². The largest absolute Gasteiger partial charge is 0.478 e. The number of carbonyl (C=O) groups is 2. The van der Waals surface area contributed by atoms with Gasteiger partial charge < -0.3 is 15.2 Å². The summed E-state index contributed by atoms with van der Waals surface area (Å²) in [6.07, 6.45) is 0.0854. The lowest BCUT2D eigenvalue weighted by atomic mass is 10.1. The molecule has 104 valence electrons. The van der Waals surface area contributed by atoms with Crippen molar-refractivity contribution in [2.45, 2.75) is 32.8 Å². The molecule has 0 radical (unpaired) electrons. The summed E-state index contributed by atoms with van der Waals surface area (Å²) in [7, 11) is 0. The highest BCUT2D eigenvalue weighted by molar-refractivity contribution is 5.87. The maximum absolute atomic E-state index is 11.4. The number of nitrogens with one attached hydrogen (secondary N) is 1. The van der Waals surface area contributed by atoms with Crippen LogP contribution in [-0.2, 0) is 11.2 Å². The summed E-state index contributed by atoms with van der Waals surface area (Å²) in [6, 6.07) is 6.64. The van der Waals surface area contributed by atoms with Crippen molar-refractivity contribution in [3.63, 3.8) is 0 Å². The van der Waals surface area contributed by atoms with E-state index in [1.165, 1.54) is 6.07 Å². The van der Waals surface area contributed by atoms with Gasteiger partial charge in [0.1, 0.15) is 5.60 Å². The van der Waals surface area contributed by atoms with Gasteiger partial charge in [-0.1, -0.05) is 12.1 Å². The zero-order valence-corrected chi connectivity index (χ0v) is 11.4. The number of hydrogen-bond acceptors (Lipinski definition) is 3. The second-order valence-electron chi connectivity index (χ2n) is 5.18. The van der Waals surface area contributed by atoms with Crippen molar-refractivity contribution in [2.24, 2.45) is 0 Å². The van der Waals surface area contributed by atoms with E-state index >= 15 is 0 Å². The molecule has 5 heteroatoms. The van der Waals surface area contributed by atoms with Crippen LogP contribution in [0.1, 0.15) is 36.7 Å². The molecule has 0 aliphatic heterocycles. The molecule has 1 amide bonds. The summed E-state index contributed by atoms with van der Waals surface area (Å²) >= 11 is 0. The Hall–Kier alpha value is -2.04. The molecule has 0 aliphatic carbocycles. The molecule has 5 nitrogen and oxygen atoms in total. The van der Waals surface area contributed by atoms with Crippen molar-refractivity contribution in [3.05, 3.63) is 35.4 Å². The number of carboxylic acid groups (broad SMARTS) is 1. The van der Waals surface area contributed by atoms with E-state index in [-0.39, 0.29) is 5.56 Å². The highest BCUT2D eigenvalue weighted by atomic mass is 16.6. The SMILES string of the molecule is CC(C)(C)OC(=O)NCCc1cccc(C(=O)O)c1. The van der Waals surface area contributed by atoms with Crippen molar-refractivity contribution in [1.82, 2.24) is 5.32 Å². The summed E-state index contributed by atoms with van der Waals surface area (Å²) < 4.78 is 5.09. The molecule has 0 unspecified atom stereocenters. The maximum Gasteiger partial charge on any atom is 0.407 e. The zero-order chi connectivity index (χ0) is 14.5. The second kappa shape index (κ2) is 6.22. The van der Waals surface area contributed by atoms with Gasteiger partial charge >= 0.3 is 12.1 Å². The van der Waals surface area contributed by atoms with Crippen LogP contribution in [0.3, 0.4) is 0 Å². The molecule has 0 aliphatic rings. The van der Waals surface area contributed by atoms with Crippen LogP contribution in [0.15, 0.2) is 24.3 Å². The smallest absolute Gasteiger partial charge is 0.407 e. The van der Waals surface area contributed by atoms with Gasteiger partial charge in [0.2, 0.25) is 0 Å². The third kappa shape index (κ3) is 5.90. The molecule has 0 atom stereocenters. The van der Waals surface area contributed by atoms with Gasteiger partial charge in [-0.2, -0.15) is 0 Å². The van der Waals surface area contributed by atoms with Crippen LogP contribution in [0.4, 0.5) is 4.79 Å². The van der Waals surface area contributed by atoms with Crippen LogP contribution in [0.25, 0.3) is 0 Å². The number of rotatable bonds is 4. The van der Waals surface area contributed by atoms with Crippen LogP contribution >= 0.6 is 0 Å². The lowest BCUT2D eigenvalue weighted by Crippen LogP contribution is -2.33. The fourth-order valence-electron chi connectivity index (χ4n) is 1.48. The predicted octanol–water partition coefficient (Wildman–Crippen LogP) is 2.45. The van der Waals surface area contributed by atoms with E-state index in [4.69, 9.17) is 9.84 Å². The van der Waals surface area contributed by atoms with Gasteiger partial charge in [-0.05, 0) is 44.9 Å². The Kier molecular flexibility index (Phi) is 4.92. The number of carboxylic acids is 1. The fraction of sp³-hybridized carbons (Fsp3) is 0.429. The number of ether oxygens (including phenoxy) is 1. The molecule has 1 aromatic rings. The quantitative estimate of drug-likeness (QED) is 0.876. The molecule has 0 fully saturated rings. The summed E-state index contributed by atoms with van der Waals surface area (Å²) in [5, 5.41) is 11.5. The normalized spacial score (nSPS) is 10.9. The van der Waals surface area contributed by atoms with Gasteiger partial charge in [0.15, 0.2) is 0 Å². The Morgan fingerprint density at radius 1 is 1.32 bits per heavy atom. The molecular weight excluding hydrogens is 246 g/mol. The minimum atomic E-state index is -0.957. The third-order valence-corrected chi connectivity index (χ3v) is 2.26. The van der Waals surface area contributed by atoms with Gasteiger partial charge in [0.05, 0.1) is 5.56 Å². The van der Waals surface area contributed by atoms with Crippen molar-refractivity contribution in [2.75, 3.05) is 6.54 Å². The lowest BCUT2D eigenvalue weighted by Gasteiger charge is -2.19. The predicted molar refractivity (Wildman–Crippen MR) is 71.3 cm³/mol. The first-order chi connectivity index (χ1) is 8.78. The number of hydrogen-bond donors (Lipinski definition) is 2. The molecule has 1 rings (SSSR count).